The zero-order chi connectivity index (χ0) is 18.7. The van der Waals surface area contributed by atoms with Crippen LogP contribution in [0.1, 0.15) is 10.5 Å². The number of benzene rings is 2. The molecule has 0 atom stereocenters. The van der Waals surface area contributed by atoms with Gasteiger partial charge in [-0.25, -0.2) is 9.48 Å². The van der Waals surface area contributed by atoms with Gasteiger partial charge in [-0.3, -0.25) is 9.59 Å². The van der Waals surface area contributed by atoms with Gasteiger partial charge in [0.05, 0.1) is 5.39 Å². The van der Waals surface area contributed by atoms with Crippen LogP contribution in [-0.4, -0.2) is 28.3 Å². The number of aryl methyl sites for hydroxylation is 1. The number of aromatic nitrogens is 2. The summed E-state index contributed by atoms with van der Waals surface area (Å²) in [6.07, 6.45) is 0. The second kappa shape index (κ2) is 7.65. The highest BCUT2D eigenvalue weighted by molar-refractivity contribution is 14.1. The lowest BCUT2D eigenvalue weighted by Crippen LogP contribution is -2.26. The van der Waals surface area contributed by atoms with Gasteiger partial charge in [-0.05, 0) is 52.9 Å². The average Bonchev–Trinajstić information content (AvgIpc) is 2.64. The summed E-state index contributed by atoms with van der Waals surface area (Å²) in [5, 5.41) is 7.36. The van der Waals surface area contributed by atoms with Crippen LogP contribution >= 0.6 is 22.6 Å². The number of carbonyl (C=O) groups is 2. The first kappa shape index (κ1) is 18.1. The topological polar surface area (TPSA) is 90.3 Å². The third kappa shape index (κ3) is 3.90. The van der Waals surface area contributed by atoms with Crippen LogP contribution in [0.25, 0.3) is 10.8 Å². The molecule has 8 heteroatoms. The monoisotopic (exact) mass is 463 g/mol. The first-order chi connectivity index (χ1) is 12.5. The van der Waals surface area contributed by atoms with E-state index in [0.29, 0.717) is 16.5 Å². The molecule has 0 saturated carbocycles. The van der Waals surface area contributed by atoms with Crippen molar-refractivity contribution >= 4 is 50.9 Å². The van der Waals surface area contributed by atoms with E-state index in [9.17, 15) is 14.4 Å². The highest BCUT2D eigenvalue weighted by Gasteiger charge is 2.18. The maximum absolute atomic E-state index is 12.3. The molecule has 3 aromatic rings. The van der Waals surface area contributed by atoms with Crippen molar-refractivity contribution in [2.24, 2.45) is 7.05 Å². The number of esters is 1. The summed E-state index contributed by atoms with van der Waals surface area (Å²) in [6, 6.07) is 13.8. The average molecular weight is 463 g/mol. The van der Waals surface area contributed by atoms with Crippen LogP contribution < -0.4 is 10.9 Å². The van der Waals surface area contributed by atoms with E-state index >= 15 is 0 Å². The molecule has 26 heavy (non-hydrogen) atoms. The van der Waals surface area contributed by atoms with Crippen molar-refractivity contribution in [1.82, 2.24) is 9.78 Å². The summed E-state index contributed by atoms with van der Waals surface area (Å²) in [6.45, 7) is -0.455. The van der Waals surface area contributed by atoms with Gasteiger partial charge in [0.1, 0.15) is 0 Å². The molecule has 0 spiro atoms. The van der Waals surface area contributed by atoms with Gasteiger partial charge in [0.15, 0.2) is 12.3 Å². The number of nitrogens with one attached hydrogen (secondary N) is 1. The quantitative estimate of drug-likeness (QED) is 0.474. The zero-order valence-electron chi connectivity index (χ0n) is 13.7. The molecule has 0 fully saturated rings. The molecule has 1 amide bonds. The van der Waals surface area contributed by atoms with Gasteiger partial charge in [-0.15, -0.1) is 0 Å². The number of anilines is 1. The standard InChI is InChI=1S/C18H14IN3O4/c1-22-17(24)14-5-3-2-4-13(14)16(21-22)18(25)26-10-15(23)20-12-8-6-11(19)7-9-12/h2-9H,10H2,1H3,(H,20,23). The van der Waals surface area contributed by atoms with Crippen LogP contribution in [0.15, 0.2) is 53.3 Å². The highest BCUT2D eigenvalue weighted by Crippen LogP contribution is 2.14. The van der Waals surface area contributed by atoms with Crippen LogP contribution in [-0.2, 0) is 16.6 Å². The van der Waals surface area contributed by atoms with Crippen molar-refractivity contribution in [1.29, 1.82) is 0 Å². The van der Waals surface area contributed by atoms with Crippen molar-refractivity contribution in [3.63, 3.8) is 0 Å². The predicted octanol–water partition coefficient (Wildman–Crippen LogP) is 2.33. The molecule has 0 radical (unpaired) electrons. The van der Waals surface area contributed by atoms with E-state index in [2.05, 4.69) is 33.0 Å². The van der Waals surface area contributed by atoms with Crippen molar-refractivity contribution < 1.29 is 14.3 Å². The lowest BCUT2D eigenvalue weighted by molar-refractivity contribution is -0.119. The lowest BCUT2D eigenvalue weighted by Gasteiger charge is -2.09. The Kier molecular flexibility index (Phi) is 5.31. The number of hydrogen-bond acceptors (Lipinski definition) is 5. The number of amides is 1. The van der Waals surface area contributed by atoms with E-state index in [1.54, 1.807) is 36.4 Å². The maximum atomic E-state index is 12.3. The molecule has 0 aliphatic rings. The summed E-state index contributed by atoms with van der Waals surface area (Å²) in [4.78, 5) is 36.4. The van der Waals surface area contributed by atoms with E-state index in [4.69, 9.17) is 4.74 Å². The number of fused-ring (bicyclic) bond motifs is 1. The molecule has 7 nitrogen and oxygen atoms in total. The smallest absolute Gasteiger partial charge is 0.359 e. The van der Waals surface area contributed by atoms with Crippen LogP contribution in [0, 0.1) is 3.57 Å². The van der Waals surface area contributed by atoms with Crippen molar-refractivity contribution in [3.8, 4) is 0 Å². The molecular formula is C18H14IN3O4. The van der Waals surface area contributed by atoms with Crippen molar-refractivity contribution in [3.05, 3.63) is 68.1 Å². The van der Waals surface area contributed by atoms with Gasteiger partial charge in [-0.2, -0.15) is 5.10 Å². The Hall–Kier alpha value is -2.75. The van der Waals surface area contributed by atoms with E-state index in [-0.39, 0.29) is 11.3 Å². The maximum Gasteiger partial charge on any atom is 0.359 e. The van der Waals surface area contributed by atoms with Crippen LogP contribution in [0.5, 0.6) is 0 Å². The third-order valence-corrected chi connectivity index (χ3v) is 4.33. The molecule has 0 bridgehead atoms. The van der Waals surface area contributed by atoms with Crippen LogP contribution in [0.4, 0.5) is 5.69 Å². The second-order valence-corrected chi connectivity index (χ2v) is 6.70. The molecule has 3 rings (SSSR count). The number of halogens is 1. The second-order valence-electron chi connectivity index (χ2n) is 5.45. The third-order valence-electron chi connectivity index (χ3n) is 3.61. The number of nitrogens with zero attached hydrogens (tertiary/aromatic N) is 2. The Labute approximate surface area is 162 Å². The molecule has 0 unspecified atom stereocenters. The molecule has 1 N–H and O–H groups in total. The summed E-state index contributed by atoms with van der Waals surface area (Å²) in [7, 11) is 1.45. The van der Waals surface area contributed by atoms with Crippen LogP contribution in [0.2, 0.25) is 0 Å². The van der Waals surface area contributed by atoms with Gasteiger partial charge in [0.2, 0.25) is 0 Å². The molecule has 0 aliphatic carbocycles. The van der Waals surface area contributed by atoms with Gasteiger partial charge in [0, 0.05) is 21.7 Å². The molecule has 0 saturated heterocycles. The summed E-state index contributed by atoms with van der Waals surface area (Å²) < 4.78 is 7.17. The molecular weight excluding hydrogens is 449 g/mol. The SMILES string of the molecule is Cn1nc(C(=O)OCC(=O)Nc2ccc(I)cc2)c2ccccc2c1=O. The first-order valence-corrected chi connectivity index (χ1v) is 8.72. The fourth-order valence-electron chi connectivity index (χ4n) is 2.38. The minimum Gasteiger partial charge on any atom is -0.451 e. The van der Waals surface area contributed by atoms with Gasteiger partial charge in [0.25, 0.3) is 11.5 Å². The molecule has 1 heterocycles. The largest absolute Gasteiger partial charge is 0.451 e. The van der Waals surface area contributed by atoms with Gasteiger partial charge < -0.3 is 10.1 Å². The van der Waals surface area contributed by atoms with Crippen molar-refractivity contribution in [2.75, 3.05) is 11.9 Å². The minimum atomic E-state index is -0.769. The zero-order valence-corrected chi connectivity index (χ0v) is 15.9. The molecule has 2 aromatic carbocycles. The highest BCUT2D eigenvalue weighted by atomic mass is 127. The van der Waals surface area contributed by atoms with Gasteiger partial charge >= 0.3 is 5.97 Å². The van der Waals surface area contributed by atoms with E-state index < -0.39 is 18.5 Å². The van der Waals surface area contributed by atoms with E-state index in [1.807, 2.05) is 12.1 Å². The van der Waals surface area contributed by atoms with Crippen molar-refractivity contribution in [2.45, 2.75) is 0 Å². The summed E-state index contributed by atoms with van der Waals surface area (Å²) in [5.41, 5.74) is 0.288. The number of ether oxygens (including phenoxy) is 1. The Balaban J connectivity index is 1.73. The molecule has 0 aliphatic heterocycles. The summed E-state index contributed by atoms with van der Waals surface area (Å²) >= 11 is 2.16. The Bertz CT molecular complexity index is 1040. The lowest BCUT2D eigenvalue weighted by atomic mass is 10.1. The normalized spacial score (nSPS) is 10.5. The fraction of sp³-hybridized carbons (Fsp3) is 0.111. The van der Waals surface area contributed by atoms with E-state index in [0.717, 1.165) is 8.25 Å². The molecule has 1 aromatic heterocycles. The number of rotatable bonds is 4. The minimum absolute atomic E-state index is 0.00948. The predicted molar refractivity (Wildman–Crippen MR) is 105 cm³/mol. The molecule has 132 valence electrons. The first-order valence-electron chi connectivity index (χ1n) is 7.64. The summed E-state index contributed by atoms with van der Waals surface area (Å²) in [5.74, 6) is -1.23. The van der Waals surface area contributed by atoms with E-state index in [1.165, 1.54) is 7.05 Å². The number of carbonyl (C=O) groups excluding carboxylic acids is 2. The Morgan fingerprint density at radius 2 is 1.77 bits per heavy atom. The fourth-order valence-corrected chi connectivity index (χ4v) is 2.74. The van der Waals surface area contributed by atoms with Crippen LogP contribution in [0.3, 0.4) is 0 Å². The van der Waals surface area contributed by atoms with Gasteiger partial charge in [-0.1, -0.05) is 18.2 Å². The Morgan fingerprint density at radius 3 is 2.46 bits per heavy atom. The Morgan fingerprint density at radius 1 is 1.12 bits per heavy atom. The number of hydrogen-bond donors (Lipinski definition) is 1.